The highest BCUT2D eigenvalue weighted by Gasteiger charge is 2.10. The minimum Gasteiger partial charge on any atom is -0.322 e. The van der Waals surface area contributed by atoms with Crippen LogP contribution in [-0.4, -0.2) is 0 Å². The first-order valence-electron chi connectivity index (χ1n) is 3.22. The second kappa shape index (κ2) is 4.38. The summed E-state index contributed by atoms with van der Waals surface area (Å²) in [6.45, 7) is 0. The number of thiophene rings is 1. The standard InChI is InChI=1S/C7H6Br2N2S/c8-4-3-6(12-7(4)9)5(11)1-2-10/h3,5H,1,11H2/t5-/m1/s1. The van der Waals surface area contributed by atoms with E-state index in [-0.39, 0.29) is 6.04 Å². The van der Waals surface area contributed by atoms with E-state index in [1.54, 1.807) is 11.3 Å². The van der Waals surface area contributed by atoms with Gasteiger partial charge in [0.25, 0.3) is 0 Å². The fourth-order valence-electron chi connectivity index (χ4n) is 0.745. The van der Waals surface area contributed by atoms with Crippen molar-refractivity contribution in [3.05, 3.63) is 19.2 Å². The third-order valence-electron chi connectivity index (χ3n) is 1.34. The second-order valence-electron chi connectivity index (χ2n) is 2.24. The molecule has 0 fully saturated rings. The Bertz CT molecular complexity index is 296. The Hall–Kier alpha value is 0.110. The molecule has 0 aliphatic carbocycles. The van der Waals surface area contributed by atoms with Crippen molar-refractivity contribution >= 4 is 43.2 Å². The molecule has 0 radical (unpaired) electrons. The van der Waals surface area contributed by atoms with E-state index in [4.69, 9.17) is 11.0 Å². The zero-order valence-corrected chi connectivity index (χ0v) is 10.0. The van der Waals surface area contributed by atoms with Crippen molar-refractivity contribution in [2.24, 2.45) is 5.73 Å². The van der Waals surface area contributed by atoms with E-state index in [0.29, 0.717) is 6.42 Å². The lowest BCUT2D eigenvalue weighted by Gasteiger charge is -2.01. The highest BCUT2D eigenvalue weighted by molar-refractivity contribution is 9.13. The van der Waals surface area contributed by atoms with Crippen molar-refractivity contribution in [3.8, 4) is 6.07 Å². The average Bonchev–Trinajstić information content (AvgIpc) is 2.33. The van der Waals surface area contributed by atoms with E-state index >= 15 is 0 Å². The van der Waals surface area contributed by atoms with E-state index in [1.807, 2.05) is 12.1 Å². The molecule has 1 atom stereocenters. The number of halogens is 2. The molecule has 1 aromatic rings. The summed E-state index contributed by atoms with van der Waals surface area (Å²) >= 11 is 8.29. The van der Waals surface area contributed by atoms with E-state index < -0.39 is 0 Å². The Kier molecular flexibility index (Phi) is 3.72. The molecule has 2 N–H and O–H groups in total. The molecule has 64 valence electrons. The minimum atomic E-state index is -0.164. The average molecular weight is 310 g/mol. The molecule has 0 aromatic carbocycles. The topological polar surface area (TPSA) is 49.8 Å². The number of hydrogen-bond acceptors (Lipinski definition) is 3. The van der Waals surface area contributed by atoms with Gasteiger partial charge in [0.1, 0.15) is 0 Å². The van der Waals surface area contributed by atoms with Gasteiger partial charge < -0.3 is 5.73 Å². The molecule has 0 amide bonds. The predicted molar refractivity (Wildman–Crippen MR) is 56.9 cm³/mol. The zero-order valence-electron chi connectivity index (χ0n) is 6.05. The van der Waals surface area contributed by atoms with Gasteiger partial charge in [0, 0.05) is 9.35 Å². The lowest BCUT2D eigenvalue weighted by molar-refractivity contribution is 0.764. The van der Waals surface area contributed by atoms with Gasteiger partial charge in [0.2, 0.25) is 0 Å². The first-order valence-corrected chi connectivity index (χ1v) is 5.62. The summed E-state index contributed by atoms with van der Waals surface area (Å²) < 4.78 is 2.02. The lowest BCUT2D eigenvalue weighted by Crippen LogP contribution is -2.06. The number of nitrogens with zero attached hydrogens (tertiary/aromatic N) is 1. The first kappa shape index (κ1) is 10.2. The molecule has 0 saturated carbocycles. The first-order chi connectivity index (χ1) is 5.65. The molecular weight excluding hydrogens is 304 g/mol. The van der Waals surface area contributed by atoms with Crippen molar-refractivity contribution in [1.82, 2.24) is 0 Å². The fourth-order valence-corrected chi connectivity index (χ4v) is 2.84. The van der Waals surface area contributed by atoms with E-state index in [2.05, 4.69) is 31.9 Å². The highest BCUT2D eigenvalue weighted by Crippen LogP contribution is 2.35. The summed E-state index contributed by atoms with van der Waals surface area (Å²) in [5.74, 6) is 0. The van der Waals surface area contributed by atoms with Crippen LogP contribution in [0.5, 0.6) is 0 Å². The number of nitriles is 1. The van der Waals surface area contributed by atoms with Crippen molar-refractivity contribution in [2.75, 3.05) is 0 Å². The number of rotatable bonds is 2. The Morgan fingerprint density at radius 3 is 2.75 bits per heavy atom. The fraction of sp³-hybridized carbons (Fsp3) is 0.286. The van der Waals surface area contributed by atoms with E-state index in [9.17, 15) is 0 Å². The van der Waals surface area contributed by atoms with Crippen LogP contribution in [0.3, 0.4) is 0 Å². The normalized spacial score (nSPS) is 12.5. The minimum absolute atomic E-state index is 0.164. The SMILES string of the molecule is N#CC[C@@H](N)c1cc(Br)c(Br)s1. The maximum Gasteiger partial charge on any atom is 0.0843 e. The van der Waals surface area contributed by atoms with Crippen LogP contribution >= 0.6 is 43.2 Å². The third-order valence-corrected chi connectivity index (χ3v) is 4.73. The summed E-state index contributed by atoms with van der Waals surface area (Å²) in [7, 11) is 0. The van der Waals surface area contributed by atoms with Gasteiger partial charge in [-0.2, -0.15) is 5.26 Å². The van der Waals surface area contributed by atoms with Crippen LogP contribution in [0, 0.1) is 11.3 Å². The monoisotopic (exact) mass is 308 g/mol. The molecule has 5 heteroatoms. The Balaban J connectivity index is 2.83. The summed E-state index contributed by atoms with van der Waals surface area (Å²) in [6, 6.07) is 3.82. The third kappa shape index (κ3) is 2.30. The lowest BCUT2D eigenvalue weighted by atomic mass is 10.2. The molecule has 2 nitrogen and oxygen atoms in total. The van der Waals surface area contributed by atoms with Crippen LogP contribution in [0.25, 0.3) is 0 Å². The number of nitrogens with two attached hydrogens (primary N) is 1. The summed E-state index contributed by atoms with van der Waals surface area (Å²) in [5.41, 5.74) is 5.73. The molecule has 12 heavy (non-hydrogen) atoms. The van der Waals surface area contributed by atoms with Gasteiger partial charge in [-0.3, -0.25) is 0 Å². The van der Waals surface area contributed by atoms with E-state index in [0.717, 1.165) is 13.1 Å². The molecule has 1 heterocycles. The molecule has 0 unspecified atom stereocenters. The molecule has 1 aromatic heterocycles. The maximum atomic E-state index is 8.43. The van der Waals surface area contributed by atoms with Crippen molar-refractivity contribution in [3.63, 3.8) is 0 Å². The van der Waals surface area contributed by atoms with Gasteiger partial charge in [-0.1, -0.05) is 0 Å². The second-order valence-corrected chi connectivity index (χ2v) is 5.50. The molecule has 0 saturated heterocycles. The number of hydrogen-bond donors (Lipinski definition) is 1. The Morgan fingerprint density at radius 1 is 1.67 bits per heavy atom. The van der Waals surface area contributed by atoms with Gasteiger partial charge in [0.15, 0.2) is 0 Å². The maximum absolute atomic E-state index is 8.43. The van der Waals surface area contributed by atoms with Gasteiger partial charge in [-0.05, 0) is 37.9 Å². The molecule has 0 bridgehead atoms. The molecule has 1 rings (SSSR count). The molecule has 0 aliphatic heterocycles. The Labute approximate surface area is 91.6 Å². The van der Waals surface area contributed by atoms with Gasteiger partial charge in [-0.25, -0.2) is 0 Å². The smallest absolute Gasteiger partial charge is 0.0843 e. The van der Waals surface area contributed by atoms with Crippen LogP contribution < -0.4 is 5.73 Å². The van der Waals surface area contributed by atoms with Crippen LogP contribution in [0.15, 0.2) is 14.3 Å². The Morgan fingerprint density at radius 2 is 2.33 bits per heavy atom. The van der Waals surface area contributed by atoms with Crippen LogP contribution in [0.2, 0.25) is 0 Å². The zero-order chi connectivity index (χ0) is 9.14. The van der Waals surface area contributed by atoms with Crippen LogP contribution in [0.4, 0.5) is 0 Å². The van der Waals surface area contributed by atoms with Crippen molar-refractivity contribution in [2.45, 2.75) is 12.5 Å². The highest BCUT2D eigenvalue weighted by atomic mass is 79.9. The quantitative estimate of drug-likeness (QED) is 0.912. The van der Waals surface area contributed by atoms with Gasteiger partial charge >= 0.3 is 0 Å². The summed E-state index contributed by atoms with van der Waals surface area (Å²) in [5, 5.41) is 8.43. The van der Waals surface area contributed by atoms with Crippen LogP contribution in [-0.2, 0) is 0 Å². The van der Waals surface area contributed by atoms with Crippen molar-refractivity contribution < 1.29 is 0 Å². The molecular formula is C7H6Br2N2S. The van der Waals surface area contributed by atoms with Crippen LogP contribution in [0.1, 0.15) is 17.3 Å². The largest absolute Gasteiger partial charge is 0.322 e. The molecule has 0 spiro atoms. The van der Waals surface area contributed by atoms with Gasteiger partial charge in [0.05, 0.1) is 22.3 Å². The summed E-state index contributed by atoms with van der Waals surface area (Å²) in [4.78, 5) is 1.02. The van der Waals surface area contributed by atoms with E-state index in [1.165, 1.54) is 0 Å². The molecule has 0 aliphatic rings. The van der Waals surface area contributed by atoms with Gasteiger partial charge in [-0.15, -0.1) is 11.3 Å². The van der Waals surface area contributed by atoms with Crippen molar-refractivity contribution in [1.29, 1.82) is 5.26 Å². The predicted octanol–water partition coefficient (Wildman–Crippen LogP) is 3.19. The summed E-state index contributed by atoms with van der Waals surface area (Å²) in [6.07, 6.45) is 0.361.